The van der Waals surface area contributed by atoms with Crippen LogP contribution in [0.2, 0.25) is 39.3 Å². The van der Waals surface area contributed by atoms with Gasteiger partial charge in [-0.3, -0.25) is 0 Å². The van der Waals surface area contributed by atoms with Gasteiger partial charge in [0, 0.05) is 33.1 Å². The molecule has 2 nitrogen and oxygen atoms in total. The molecule has 0 bridgehead atoms. The van der Waals surface area contributed by atoms with Gasteiger partial charge in [0.15, 0.2) is 0 Å². The first-order valence-electron chi connectivity index (χ1n) is 13.7. The Labute approximate surface area is 231 Å². The molecule has 1 saturated carbocycles. The summed E-state index contributed by atoms with van der Waals surface area (Å²) in [5, 5.41) is 25.8. The fourth-order valence-corrected chi connectivity index (χ4v) is 11.4. The largest absolute Gasteiger partial charge is 0.508 e. The number of hydrogen-bond acceptors (Lipinski definition) is 4. The molecule has 1 fully saturated rings. The summed E-state index contributed by atoms with van der Waals surface area (Å²) in [7, 11) is -3.20. The molecule has 0 spiro atoms. The standard InChI is InChI=1S/C30H48O2S2Si2/c1-21-15-23(29(31)27(17-21)35(3,4)5)19-33-25-13-11-9-10-12-14-26(25)34-20-24-16-22(2)18-28(30(24)32)36(6,7)8/h15-18,25-26,31-32H,9-14,19-20H2,1-8H3/t25-,26-/m0/s1. The number of benzene rings is 2. The van der Waals surface area contributed by atoms with Crippen molar-refractivity contribution < 1.29 is 10.2 Å². The summed E-state index contributed by atoms with van der Waals surface area (Å²) in [6.07, 6.45) is 7.75. The van der Waals surface area contributed by atoms with Crippen molar-refractivity contribution in [3.05, 3.63) is 46.5 Å². The normalized spacial score (nSPS) is 19.7. The minimum absolute atomic E-state index is 0.547. The average molecular weight is 561 g/mol. The Kier molecular flexibility index (Phi) is 10.2. The lowest BCUT2D eigenvalue weighted by molar-refractivity contribution is 0.473. The second-order valence-electron chi connectivity index (χ2n) is 12.8. The topological polar surface area (TPSA) is 40.5 Å². The fourth-order valence-electron chi connectivity index (χ4n) is 5.26. The Hall–Kier alpha value is -0.826. The van der Waals surface area contributed by atoms with Crippen LogP contribution in [0, 0.1) is 13.8 Å². The van der Waals surface area contributed by atoms with E-state index in [-0.39, 0.29) is 0 Å². The first kappa shape index (κ1) is 29.7. The molecule has 2 aromatic rings. The van der Waals surface area contributed by atoms with Crippen molar-refractivity contribution in [3.8, 4) is 11.5 Å². The van der Waals surface area contributed by atoms with Crippen molar-refractivity contribution in [2.24, 2.45) is 0 Å². The first-order chi connectivity index (χ1) is 16.8. The molecule has 0 heterocycles. The van der Waals surface area contributed by atoms with Crippen molar-refractivity contribution in [3.63, 3.8) is 0 Å². The number of aromatic hydroxyl groups is 2. The van der Waals surface area contributed by atoms with E-state index >= 15 is 0 Å². The molecule has 2 N–H and O–H groups in total. The van der Waals surface area contributed by atoms with Crippen LogP contribution >= 0.6 is 23.5 Å². The van der Waals surface area contributed by atoms with E-state index in [9.17, 15) is 10.2 Å². The Balaban J connectivity index is 1.78. The second kappa shape index (κ2) is 12.4. The summed E-state index contributed by atoms with van der Waals surface area (Å²) in [6.45, 7) is 18.2. The highest BCUT2D eigenvalue weighted by Crippen LogP contribution is 2.39. The van der Waals surface area contributed by atoms with Crippen molar-refractivity contribution in [2.75, 3.05) is 0 Å². The molecule has 0 aromatic heterocycles. The van der Waals surface area contributed by atoms with Gasteiger partial charge in [0.25, 0.3) is 0 Å². The lowest BCUT2D eigenvalue weighted by Gasteiger charge is -2.30. The maximum atomic E-state index is 11.1. The zero-order valence-electron chi connectivity index (χ0n) is 23.8. The van der Waals surface area contributed by atoms with E-state index in [0.717, 1.165) is 22.6 Å². The van der Waals surface area contributed by atoms with Gasteiger partial charge >= 0.3 is 0 Å². The van der Waals surface area contributed by atoms with Crippen molar-refractivity contribution >= 4 is 50.0 Å². The third-order valence-corrected chi connectivity index (χ3v) is 14.4. The number of rotatable bonds is 8. The van der Waals surface area contributed by atoms with Crippen LogP contribution in [-0.4, -0.2) is 36.9 Å². The molecular formula is C30H48O2S2Si2. The van der Waals surface area contributed by atoms with Gasteiger partial charge in [-0.05, 0) is 37.1 Å². The predicted octanol–water partition coefficient (Wildman–Crippen LogP) is 8.06. The van der Waals surface area contributed by atoms with Crippen LogP contribution in [0.5, 0.6) is 11.5 Å². The van der Waals surface area contributed by atoms with Crippen LogP contribution in [0.1, 0.15) is 60.8 Å². The van der Waals surface area contributed by atoms with Gasteiger partial charge in [-0.2, -0.15) is 23.5 Å². The summed E-state index contributed by atoms with van der Waals surface area (Å²) < 4.78 is 0. The maximum Gasteiger partial charge on any atom is 0.118 e. The maximum absolute atomic E-state index is 11.1. The Morgan fingerprint density at radius 1 is 0.639 bits per heavy atom. The molecule has 2 aromatic carbocycles. The van der Waals surface area contributed by atoms with Crippen molar-refractivity contribution in [1.82, 2.24) is 0 Å². The summed E-state index contributed by atoms with van der Waals surface area (Å²) in [5.74, 6) is 2.85. The van der Waals surface area contributed by atoms with E-state index in [1.807, 2.05) is 0 Å². The smallest absolute Gasteiger partial charge is 0.118 e. The van der Waals surface area contributed by atoms with Crippen LogP contribution in [0.15, 0.2) is 24.3 Å². The fraction of sp³-hybridized carbons (Fsp3) is 0.600. The van der Waals surface area contributed by atoms with E-state index in [4.69, 9.17) is 0 Å². The molecule has 2 atom stereocenters. The zero-order chi connectivity index (χ0) is 26.7. The van der Waals surface area contributed by atoms with Gasteiger partial charge in [-0.1, -0.05) is 100 Å². The lowest BCUT2D eigenvalue weighted by atomic mass is 10.00. The van der Waals surface area contributed by atoms with Gasteiger partial charge in [0.05, 0.1) is 16.1 Å². The molecule has 0 amide bonds. The molecule has 0 radical (unpaired) electrons. The van der Waals surface area contributed by atoms with Crippen LogP contribution in [0.3, 0.4) is 0 Å². The molecular weight excluding hydrogens is 513 g/mol. The number of thioether (sulfide) groups is 2. The van der Waals surface area contributed by atoms with E-state index < -0.39 is 16.1 Å². The van der Waals surface area contributed by atoms with Gasteiger partial charge in [-0.25, -0.2) is 0 Å². The van der Waals surface area contributed by atoms with Crippen molar-refractivity contribution in [2.45, 2.75) is 114 Å². The lowest BCUT2D eigenvalue weighted by Crippen LogP contribution is -2.38. The van der Waals surface area contributed by atoms with E-state index in [0.29, 0.717) is 22.0 Å². The zero-order valence-corrected chi connectivity index (χ0v) is 27.5. The Morgan fingerprint density at radius 3 is 1.33 bits per heavy atom. The summed E-state index contributed by atoms with van der Waals surface area (Å²) in [4.78, 5) is 0. The highest BCUT2D eigenvalue weighted by molar-refractivity contribution is 8.03. The molecule has 36 heavy (non-hydrogen) atoms. The average Bonchev–Trinajstić information content (AvgIpc) is 2.75. The van der Waals surface area contributed by atoms with Gasteiger partial charge in [-0.15, -0.1) is 0 Å². The Morgan fingerprint density at radius 2 is 1.00 bits per heavy atom. The molecule has 0 unspecified atom stereocenters. The second-order valence-corrected chi connectivity index (χ2v) is 25.4. The first-order valence-corrected chi connectivity index (χ1v) is 22.8. The number of phenolic OH excluding ortho intramolecular Hbond substituents is 2. The van der Waals surface area contributed by atoms with E-state index in [2.05, 4.69) is 101 Å². The van der Waals surface area contributed by atoms with Gasteiger partial charge < -0.3 is 10.2 Å². The van der Waals surface area contributed by atoms with Crippen molar-refractivity contribution in [1.29, 1.82) is 0 Å². The van der Waals surface area contributed by atoms with Gasteiger partial charge in [0.1, 0.15) is 11.5 Å². The molecule has 3 rings (SSSR count). The monoisotopic (exact) mass is 560 g/mol. The van der Waals surface area contributed by atoms with Gasteiger partial charge in [0.2, 0.25) is 0 Å². The third kappa shape index (κ3) is 7.84. The minimum atomic E-state index is -1.60. The molecule has 200 valence electrons. The quantitative estimate of drug-likeness (QED) is 0.320. The van der Waals surface area contributed by atoms with Crippen LogP contribution < -0.4 is 10.4 Å². The van der Waals surface area contributed by atoms with E-state index in [1.54, 1.807) is 0 Å². The number of hydrogen-bond donors (Lipinski definition) is 2. The van der Waals surface area contributed by atoms with Crippen LogP contribution in [-0.2, 0) is 11.5 Å². The molecule has 6 heteroatoms. The Bertz CT molecular complexity index is 957. The SMILES string of the molecule is Cc1cc(CS[C@H]2CCCCCC[C@@H]2SCc2cc(C)cc([Si](C)(C)C)c2O)c(O)c([Si](C)(C)C)c1. The number of phenols is 2. The molecule has 0 aliphatic heterocycles. The predicted molar refractivity (Wildman–Crippen MR) is 170 cm³/mol. The molecule has 1 aliphatic rings. The van der Waals surface area contributed by atoms with Crippen LogP contribution in [0.4, 0.5) is 0 Å². The summed E-state index contributed by atoms with van der Waals surface area (Å²) in [5.41, 5.74) is 4.74. The molecule has 0 saturated heterocycles. The van der Waals surface area contributed by atoms with E-state index in [1.165, 1.54) is 60.0 Å². The van der Waals surface area contributed by atoms with Crippen LogP contribution in [0.25, 0.3) is 0 Å². The number of aryl methyl sites for hydroxylation is 2. The summed E-state index contributed by atoms with van der Waals surface area (Å²) >= 11 is 4.10. The minimum Gasteiger partial charge on any atom is -0.508 e. The highest BCUT2D eigenvalue weighted by atomic mass is 32.2. The summed E-state index contributed by atoms with van der Waals surface area (Å²) in [6, 6.07) is 8.79. The highest BCUT2D eigenvalue weighted by Gasteiger charge is 2.28. The third-order valence-electron chi connectivity index (χ3n) is 7.33. The molecule has 1 aliphatic carbocycles.